The van der Waals surface area contributed by atoms with Crippen LogP contribution in [0.5, 0.6) is 0 Å². The maximum atomic E-state index is 13.4. The summed E-state index contributed by atoms with van der Waals surface area (Å²) in [5.41, 5.74) is 2.84. The van der Waals surface area contributed by atoms with E-state index in [1.165, 1.54) is 35.8 Å². The van der Waals surface area contributed by atoms with Gasteiger partial charge in [0.2, 0.25) is 5.91 Å². The highest BCUT2D eigenvalue weighted by Gasteiger charge is 2.16. The fraction of sp³-hybridized carbons (Fsp3) is 0.130. The largest absolute Gasteiger partial charge is 0.353 e. The molecule has 0 atom stereocenters. The molecular weight excluding hydrogens is 431 g/mol. The molecule has 2 N–H and O–H groups in total. The molecule has 2 aromatic heterocycles. The molecule has 7 nitrogen and oxygen atoms in total. The highest BCUT2D eigenvalue weighted by molar-refractivity contribution is 7.99. The van der Waals surface area contributed by atoms with Crippen molar-refractivity contribution in [1.82, 2.24) is 14.5 Å². The van der Waals surface area contributed by atoms with Gasteiger partial charge in [-0.1, -0.05) is 11.8 Å². The number of aromatic amines is 1. The van der Waals surface area contributed by atoms with Crippen molar-refractivity contribution in [2.24, 2.45) is 0 Å². The van der Waals surface area contributed by atoms with Crippen LogP contribution in [0.3, 0.4) is 0 Å². The number of Topliss-reactive ketones (excluding diaryl/α,β-unsaturated/α-hetero) is 1. The van der Waals surface area contributed by atoms with E-state index in [2.05, 4.69) is 15.3 Å². The summed E-state index contributed by atoms with van der Waals surface area (Å²) in [7, 11) is 0. The maximum Gasteiger partial charge on any atom is 0.283 e. The summed E-state index contributed by atoms with van der Waals surface area (Å²) in [6.45, 7) is 3.29. The molecule has 1 amide bonds. The van der Waals surface area contributed by atoms with Gasteiger partial charge in [0.05, 0.1) is 17.0 Å². The Bertz CT molecular complexity index is 1380. The van der Waals surface area contributed by atoms with Crippen LogP contribution < -0.4 is 10.9 Å². The van der Waals surface area contributed by atoms with Crippen LogP contribution in [-0.2, 0) is 4.79 Å². The predicted octanol–water partition coefficient (Wildman–Crippen LogP) is 4.09. The van der Waals surface area contributed by atoms with E-state index in [9.17, 15) is 18.8 Å². The van der Waals surface area contributed by atoms with Gasteiger partial charge in [-0.25, -0.2) is 9.37 Å². The van der Waals surface area contributed by atoms with Crippen molar-refractivity contribution < 1.29 is 14.0 Å². The molecule has 4 rings (SSSR count). The molecule has 0 radical (unpaired) electrons. The number of rotatable bonds is 6. The quantitative estimate of drug-likeness (QED) is 0.262. The van der Waals surface area contributed by atoms with E-state index in [1.807, 2.05) is 6.92 Å². The van der Waals surface area contributed by atoms with Crippen LogP contribution in [0.1, 0.15) is 23.0 Å². The summed E-state index contributed by atoms with van der Waals surface area (Å²) < 4.78 is 14.8. The van der Waals surface area contributed by atoms with E-state index in [-0.39, 0.29) is 23.0 Å². The molecule has 0 fully saturated rings. The first-order valence-electron chi connectivity index (χ1n) is 9.74. The molecule has 32 heavy (non-hydrogen) atoms. The number of hydrogen-bond acceptors (Lipinski definition) is 5. The van der Waals surface area contributed by atoms with Gasteiger partial charge >= 0.3 is 0 Å². The number of fused-ring (bicyclic) bond motifs is 1. The number of nitrogens with zero attached hydrogens (tertiary/aromatic N) is 2. The Morgan fingerprint density at radius 2 is 1.81 bits per heavy atom. The Morgan fingerprint density at radius 1 is 1.12 bits per heavy atom. The highest BCUT2D eigenvalue weighted by Crippen LogP contribution is 2.22. The Hall–Kier alpha value is -3.72. The summed E-state index contributed by atoms with van der Waals surface area (Å²) in [5.74, 6) is -0.776. The standard InChI is InChI=1S/C23H19FN4O3S/c1-13-11-19-21(25-13)22(31)28(18-9-5-16(24)6-10-18)23(27-19)32-12-20(30)26-17-7-3-15(4-8-17)14(2)29/h3-11,25H,12H2,1-2H3,(H,26,30). The predicted molar refractivity (Wildman–Crippen MR) is 122 cm³/mol. The van der Waals surface area contributed by atoms with E-state index in [0.29, 0.717) is 33.1 Å². The smallest absolute Gasteiger partial charge is 0.283 e. The first-order valence-corrected chi connectivity index (χ1v) is 10.7. The van der Waals surface area contributed by atoms with Crippen LogP contribution in [-0.4, -0.2) is 32.0 Å². The van der Waals surface area contributed by atoms with Gasteiger partial charge in [0.25, 0.3) is 5.56 Å². The second kappa shape index (κ2) is 8.80. The van der Waals surface area contributed by atoms with Gasteiger partial charge in [-0.2, -0.15) is 0 Å². The number of aryl methyl sites for hydroxylation is 1. The molecule has 9 heteroatoms. The van der Waals surface area contributed by atoms with Crippen molar-refractivity contribution in [2.45, 2.75) is 19.0 Å². The fourth-order valence-electron chi connectivity index (χ4n) is 3.21. The second-order valence-electron chi connectivity index (χ2n) is 7.19. The average Bonchev–Trinajstić information content (AvgIpc) is 3.14. The Morgan fingerprint density at radius 3 is 2.47 bits per heavy atom. The summed E-state index contributed by atoms with van der Waals surface area (Å²) in [6.07, 6.45) is 0. The minimum Gasteiger partial charge on any atom is -0.353 e. The number of carbonyl (C=O) groups is 2. The van der Waals surface area contributed by atoms with Gasteiger partial charge in [0, 0.05) is 16.9 Å². The van der Waals surface area contributed by atoms with E-state index in [1.54, 1.807) is 30.3 Å². The highest BCUT2D eigenvalue weighted by atomic mass is 32.2. The molecule has 2 aromatic carbocycles. The summed E-state index contributed by atoms with van der Waals surface area (Å²) in [4.78, 5) is 44.5. The molecule has 0 saturated carbocycles. The van der Waals surface area contributed by atoms with Crippen LogP contribution >= 0.6 is 11.8 Å². The van der Waals surface area contributed by atoms with Gasteiger partial charge in [-0.05, 0) is 68.4 Å². The van der Waals surface area contributed by atoms with Crippen molar-refractivity contribution in [1.29, 1.82) is 0 Å². The van der Waals surface area contributed by atoms with Gasteiger partial charge in [-0.15, -0.1) is 0 Å². The third-order valence-electron chi connectivity index (χ3n) is 4.75. The normalized spacial score (nSPS) is 11.0. The summed E-state index contributed by atoms with van der Waals surface area (Å²) in [6, 6.07) is 13.8. The lowest BCUT2D eigenvalue weighted by molar-refractivity contribution is -0.113. The number of anilines is 1. The van der Waals surface area contributed by atoms with Gasteiger partial charge in [0.15, 0.2) is 10.9 Å². The number of ketones is 1. The van der Waals surface area contributed by atoms with Gasteiger partial charge in [-0.3, -0.25) is 19.0 Å². The molecule has 0 unspecified atom stereocenters. The lowest BCUT2D eigenvalue weighted by Crippen LogP contribution is -2.23. The molecular formula is C23H19FN4O3S. The van der Waals surface area contributed by atoms with Crippen LogP contribution in [0.4, 0.5) is 10.1 Å². The lowest BCUT2D eigenvalue weighted by Gasteiger charge is -2.12. The zero-order valence-corrected chi connectivity index (χ0v) is 18.1. The van der Waals surface area contributed by atoms with Gasteiger partial charge in [0.1, 0.15) is 11.3 Å². The molecule has 0 aliphatic carbocycles. The molecule has 0 aliphatic heterocycles. The minimum absolute atomic E-state index is 0.00297. The monoisotopic (exact) mass is 450 g/mol. The van der Waals surface area contributed by atoms with Crippen molar-refractivity contribution in [2.75, 3.05) is 11.1 Å². The zero-order valence-electron chi connectivity index (χ0n) is 17.3. The Balaban J connectivity index is 1.61. The number of amides is 1. The Labute approximate surface area is 186 Å². The first kappa shape index (κ1) is 21.5. The molecule has 2 heterocycles. The van der Waals surface area contributed by atoms with Crippen molar-refractivity contribution in [3.05, 3.63) is 82.0 Å². The second-order valence-corrected chi connectivity index (χ2v) is 8.14. The van der Waals surface area contributed by atoms with E-state index >= 15 is 0 Å². The molecule has 162 valence electrons. The van der Waals surface area contributed by atoms with E-state index in [0.717, 1.165) is 17.5 Å². The number of H-pyrrole nitrogens is 1. The van der Waals surface area contributed by atoms with Crippen LogP contribution in [0.15, 0.2) is 64.5 Å². The average molecular weight is 450 g/mol. The van der Waals surface area contributed by atoms with E-state index < -0.39 is 5.82 Å². The number of aromatic nitrogens is 3. The lowest BCUT2D eigenvalue weighted by atomic mass is 10.1. The van der Waals surface area contributed by atoms with E-state index in [4.69, 9.17) is 0 Å². The number of hydrogen-bond donors (Lipinski definition) is 2. The third-order valence-corrected chi connectivity index (χ3v) is 5.69. The molecule has 0 aliphatic rings. The number of nitrogens with one attached hydrogen (secondary N) is 2. The van der Waals surface area contributed by atoms with Crippen molar-refractivity contribution in [3.63, 3.8) is 0 Å². The molecule has 4 aromatic rings. The first-order chi connectivity index (χ1) is 15.3. The molecule has 0 bridgehead atoms. The molecule has 0 saturated heterocycles. The van der Waals surface area contributed by atoms with Gasteiger partial charge < -0.3 is 10.3 Å². The minimum atomic E-state index is -0.420. The number of thioether (sulfide) groups is 1. The number of benzene rings is 2. The zero-order chi connectivity index (χ0) is 22.8. The Kier molecular flexibility index (Phi) is 5.91. The molecule has 0 spiro atoms. The van der Waals surface area contributed by atoms with Crippen molar-refractivity contribution in [3.8, 4) is 5.69 Å². The number of carbonyl (C=O) groups excluding carboxylic acids is 2. The number of halogens is 1. The topological polar surface area (TPSA) is 96.8 Å². The summed E-state index contributed by atoms with van der Waals surface area (Å²) >= 11 is 1.10. The third kappa shape index (κ3) is 4.47. The van der Waals surface area contributed by atoms with Crippen LogP contribution in [0, 0.1) is 12.7 Å². The fourth-order valence-corrected chi connectivity index (χ4v) is 4.02. The van der Waals surface area contributed by atoms with Crippen LogP contribution in [0.2, 0.25) is 0 Å². The van der Waals surface area contributed by atoms with Crippen LogP contribution in [0.25, 0.3) is 16.7 Å². The maximum absolute atomic E-state index is 13.4. The summed E-state index contributed by atoms with van der Waals surface area (Å²) in [5, 5.41) is 3.07. The van der Waals surface area contributed by atoms with Crippen molar-refractivity contribution >= 4 is 40.2 Å². The SMILES string of the molecule is CC(=O)c1ccc(NC(=O)CSc2nc3cc(C)[nH]c3c(=O)n2-c2ccc(F)cc2)cc1.